The third kappa shape index (κ3) is 4.84. The highest BCUT2D eigenvalue weighted by molar-refractivity contribution is 8.01. The molecule has 50 heavy (non-hydrogen) atoms. The molecule has 5 saturated carbocycles. The highest BCUT2D eigenvalue weighted by Gasteiger charge is 2.73. The van der Waals surface area contributed by atoms with E-state index in [2.05, 4.69) is 113 Å². The van der Waals surface area contributed by atoms with Crippen LogP contribution in [0.1, 0.15) is 104 Å². The smallest absolute Gasteiger partial charge is 0.157 e. The molecule has 3 nitrogen and oxygen atoms in total. The first-order valence-corrected chi connectivity index (χ1v) is 23.3. The third-order valence-electron chi connectivity index (χ3n) is 16.4. The minimum atomic E-state index is 0.510. The van der Waals surface area contributed by atoms with Gasteiger partial charge in [0.2, 0.25) is 0 Å². The van der Waals surface area contributed by atoms with Gasteiger partial charge in [-0.05, 0) is 105 Å². The molecule has 266 valence electrons. The molecular weight excluding hydrogens is 645 g/mol. The molecule has 0 radical (unpaired) electrons. The number of anilines is 2. The molecule has 0 aromatic heterocycles. The largest absolute Gasteiger partial charge is 0.336 e. The molecule has 4 saturated heterocycles. The Hall–Kier alpha value is -1.08. The molecule has 4 aliphatic heterocycles. The van der Waals surface area contributed by atoms with E-state index in [0.29, 0.717) is 16.5 Å². The van der Waals surface area contributed by atoms with Gasteiger partial charge >= 0.3 is 0 Å². The average Bonchev–Trinajstić information content (AvgIpc) is 3.16. The van der Waals surface area contributed by atoms with E-state index >= 15 is 0 Å². The van der Waals surface area contributed by atoms with Crippen molar-refractivity contribution < 1.29 is 0 Å². The average molecular weight is 706 g/mol. The van der Waals surface area contributed by atoms with Crippen LogP contribution in [0.15, 0.2) is 60.7 Å². The molecule has 4 heterocycles. The fourth-order valence-corrected chi connectivity index (χ4v) is 19.2. The Kier molecular flexibility index (Phi) is 8.26. The van der Waals surface area contributed by atoms with E-state index in [1.807, 2.05) is 0 Å². The van der Waals surface area contributed by atoms with Crippen molar-refractivity contribution in [3.63, 3.8) is 0 Å². The number of hydrogen-bond acceptors (Lipinski definition) is 5. The SMILES string of the molecule is CC1CCC2C(C1)B1C3CC(C)CCC3N3C4CCCCC4SC4C(N(c5ccccc5)c5ccccc5)C5SC6CCCCC6N2C5C1C43. The van der Waals surface area contributed by atoms with Gasteiger partial charge in [-0.1, -0.05) is 88.8 Å². The van der Waals surface area contributed by atoms with Gasteiger partial charge in [0.15, 0.2) is 6.71 Å². The fourth-order valence-electron chi connectivity index (χ4n) is 14.9. The van der Waals surface area contributed by atoms with Crippen molar-refractivity contribution >= 4 is 41.6 Å². The van der Waals surface area contributed by atoms with Crippen LogP contribution in [0.25, 0.3) is 0 Å². The van der Waals surface area contributed by atoms with E-state index in [1.165, 1.54) is 101 Å². The second kappa shape index (κ2) is 12.8. The zero-order valence-corrected chi connectivity index (χ0v) is 32.3. The summed E-state index contributed by atoms with van der Waals surface area (Å²) in [6.07, 6.45) is 20.5. The summed E-state index contributed by atoms with van der Waals surface area (Å²) in [5, 5.41) is 2.95. The molecule has 11 rings (SSSR count). The number of hydrogen-bond donors (Lipinski definition) is 0. The van der Waals surface area contributed by atoms with Gasteiger partial charge < -0.3 is 4.90 Å². The minimum Gasteiger partial charge on any atom is -0.336 e. The van der Waals surface area contributed by atoms with Gasteiger partial charge in [0.25, 0.3) is 0 Å². The van der Waals surface area contributed by atoms with Crippen molar-refractivity contribution in [3.05, 3.63) is 60.7 Å². The van der Waals surface area contributed by atoms with Gasteiger partial charge in [-0.15, -0.1) is 23.5 Å². The van der Waals surface area contributed by atoms with Crippen LogP contribution in [0.3, 0.4) is 0 Å². The van der Waals surface area contributed by atoms with Crippen molar-refractivity contribution in [2.75, 3.05) is 4.90 Å². The summed E-state index contributed by atoms with van der Waals surface area (Å²) >= 11 is 5.10. The predicted molar refractivity (Wildman–Crippen MR) is 216 cm³/mol. The van der Waals surface area contributed by atoms with Gasteiger partial charge in [0, 0.05) is 68.6 Å². The quantitative estimate of drug-likeness (QED) is 0.293. The van der Waals surface area contributed by atoms with Crippen molar-refractivity contribution in [1.29, 1.82) is 0 Å². The van der Waals surface area contributed by atoms with E-state index in [9.17, 15) is 0 Å². The summed E-state index contributed by atoms with van der Waals surface area (Å²) in [7, 11) is 0. The molecule has 9 aliphatic rings. The van der Waals surface area contributed by atoms with Crippen molar-refractivity contribution in [3.8, 4) is 0 Å². The Morgan fingerprint density at radius 2 is 1.02 bits per heavy atom. The maximum Gasteiger partial charge on any atom is 0.157 e. The molecule has 0 amide bonds. The first kappa shape index (κ1) is 32.4. The number of fused-ring (bicyclic) bond motifs is 10. The van der Waals surface area contributed by atoms with E-state index in [0.717, 1.165) is 82.8 Å². The molecular formula is C44H60BN3S2. The zero-order chi connectivity index (χ0) is 33.1. The van der Waals surface area contributed by atoms with Gasteiger partial charge in [-0.3, -0.25) is 9.80 Å². The molecule has 0 N–H and O–H groups in total. The molecule has 2 aromatic rings. The van der Waals surface area contributed by atoms with Crippen LogP contribution in [0.5, 0.6) is 0 Å². The van der Waals surface area contributed by atoms with Crippen molar-refractivity contribution in [1.82, 2.24) is 9.80 Å². The Labute approximate surface area is 311 Å². The van der Waals surface area contributed by atoms with E-state index in [4.69, 9.17) is 0 Å². The molecule has 14 atom stereocenters. The summed E-state index contributed by atoms with van der Waals surface area (Å²) in [5.41, 5.74) is 2.85. The normalized spacial score (nSPS) is 47.9. The summed E-state index contributed by atoms with van der Waals surface area (Å²) in [5.74, 6) is 4.52. The number of thioether (sulfide) groups is 2. The van der Waals surface area contributed by atoms with E-state index < -0.39 is 0 Å². The minimum absolute atomic E-state index is 0.510. The van der Waals surface area contributed by atoms with E-state index in [-0.39, 0.29) is 0 Å². The Morgan fingerprint density at radius 1 is 0.560 bits per heavy atom. The Balaban J connectivity index is 1.15. The maximum absolute atomic E-state index is 3.42. The molecule has 6 heteroatoms. The highest BCUT2D eigenvalue weighted by Crippen LogP contribution is 2.69. The molecule has 2 aromatic carbocycles. The molecule has 5 aliphatic carbocycles. The maximum atomic E-state index is 3.42. The van der Waals surface area contributed by atoms with Gasteiger partial charge in [-0.2, -0.15) is 0 Å². The standard InChI is InChI=1S/C44H60BN3S2/c1-27-21-23-33-31(25-27)45-32-26-28(2)22-24-34(32)48-36-18-10-12-20-38(36)50-44-41(48)39(45)40-43(49-37-19-11-9-17-35(37)47(33)40)42(44)46(29-13-5-3-6-14-29)30-15-7-4-8-16-30/h3-8,13-16,27-28,31-44H,9-12,17-26H2,1-2H3. The van der Waals surface area contributed by atoms with E-state index in [1.54, 1.807) is 0 Å². The van der Waals surface area contributed by atoms with Crippen LogP contribution in [0.4, 0.5) is 11.4 Å². The number of nitrogens with zero attached hydrogens (tertiary/aromatic N) is 3. The molecule has 14 unspecified atom stereocenters. The van der Waals surface area contributed by atoms with Gasteiger partial charge in [0.05, 0.1) is 6.04 Å². The second-order valence-corrected chi connectivity index (χ2v) is 21.7. The first-order chi connectivity index (χ1) is 24.7. The topological polar surface area (TPSA) is 9.72 Å². The first-order valence-electron chi connectivity index (χ1n) is 21.4. The number of benzene rings is 2. The summed E-state index contributed by atoms with van der Waals surface area (Å²) in [4.78, 5) is 9.78. The number of para-hydroxylation sites is 2. The summed E-state index contributed by atoms with van der Waals surface area (Å²) < 4.78 is 0. The lowest BCUT2D eigenvalue weighted by Gasteiger charge is -2.76. The lowest BCUT2D eigenvalue weighted by atomic mass is 9.18. The molecule has 0 bridgehead atoms. The van der Waals surface area contributed by atoms with Crippen LogP contribution >= 0.6 is 23.5 Å². The Morgan fingerprint density at radius 3 is 1.50 bits per heavy atom. The van der Waals surface area contributed by atoms with Crippen LogP contribution in [0.2, 0.25) is 17.5 Å². The van der Waals surface area contributed by atoms with Crippen LogP contribution in [0, 0.1) is 11.8 Å². The lowest BCUT2D eigenvalue weighted by Crippen LogP contribution is -2.84. The zero-order valence-electron chi connectivity index (χ0n) is 30.6. The second-order valence-electron chi connectivity index (χ2n) is 18.8. The van der Waals surface area contributed by atoms with Crippen LogP contribution in [-0.4, -0.2) is 79.8 Å². The van der Waals surface area contributed by atoms with Gasteiger partial charge in [0.1, 0.15) is 0 Å². The van der Waals surface area contributed by atoms with Gasteiger partial charge in [-0.25, -0.2) is 0 Å². The monoisotopic (exact) mass is 705 g/mol. The van der Waals surface area contributed by atoms with Crippen molar-refractivity contribution in [2.24, 2.45) is 11.8 Å². The molecule has 0 spiro atoms. The molecule has 9 fully saturated rings. The van der Waals surface area contributed by atoms with Crippen molar-refractivity contribution in [2.45, 2.75) is 184 Å². The summed E-state index contributed by atoms with van der Waals surface area (Å²) in [6.45, 7) is 6.21. The predicted octanol–water partition coefficient (Wildman–Crippen LogP) is 10.4. The Bertz CT molecular complexity index is 1420. The lowest BCUT2D eigenvalue weighted by molar-refractivity contribution is -0.0635. The van der Waals surface area contributed by atoms with Crippen LogP contribution < -0.4 is 4.90 Å². The summed E-state index contributed by atoms with van der Waals surface area (Å²) in [6, 6.07) is 28.7. The fraction of sp³-hybridized carbons (Fsp3) is 0.727. The number of rotatable bonds is 3. The highest BCUT2D eigenvalue weighted by atomic mass is 32.2. The van der Waals surface area contributed by atoms with Crippen LogP contribution in [-0.2, 0) is 0 Å². The third-order valence-corrected chi connectivity index (χ3v) is 19.9.